The van der Waals surface area contributed by atoms with Crippen LogP contribution in [0.1, 0.15) is 17.5 Å². The third kappa shape index (κ3) is 2.59. The van der Waals surface area contributed by atoms with Gasteiger partial charge in [0.1, 0.15) is 0 Å². The van der Waals surface area contributed by atoms with Crippen LogP contribution < -0.4 is 0 Å². The highest BCUT2D eigenvalue weighted by atomic mass is 16.3. The molecule has 1 aromatic rings. The number of aliphatic hydroxyl groups excluding tert-OH is 1. The Kier molecular flexibility index (Phi) is 3.02. The second-order valence-electron chi connectivity index (χ2n) is 3.43. The van der Waals surface area contributed by atoms with Crippen molar-refractivity contribution in [2.24, 2.45) is 0 Å². The summed E-state index contributed by atoms with van der Waals surface area (Å²) < 4.78 is 0. The molecule has 0 radical (unpaired) electrons. The normalized spacial score (nSPS) is 13.3. The van der Waals surface area contributed by atoms with E-state index in [1.165, 1.54) is 0 Å². The second kappa shape index (κ2) is 4.63. The first-order chi connectivity index (χ1) is 7.38. The predicted octanol–water partition coefficient (Wildman–Crippen LogP) is 2.42. The Hall–Kier alpha value is -1.78. The van der Waals surface area contributed by atoms with Crippen molar-refractivity contribution in [1.29, 1.82) is 0 Å². The second-order valence-corrected chi connectivity index (χ2v) is 3.43. The first kappa shape index (κ1) is 9.76. The Morgan fingerprint density at radius 3 is 2.53 bits per heavy atom. The molecule has 0 bridgehead atoms. The standard InChI is InChI=1S/C14H12O/c15-11-14-9-7-13(8-10-14)6-5-12-3-1-2-4-12/h1-3,7-10,15H,4,11H2. The molecule has 15 heavy (non-hydrogen) atoms. The lowest BCUT2D eigenvalue weighted by Crippen LogP contribution is -1.82. The van der Waals surface area contributed by atoms with Gasteiger partial charge >= 0.3 is 0 Å². The minimum absolute atomic E-state index is 0.0861. The minimum atomic E-state index is 0.0861. The minimum Gasteiger partial charge on any atom is -0.392 e. The number of allylic oxidation sites excluding steroid dienone is 4. The highest BCUT2D eigenvalue weighted by Crippen LogP contribution is 2.09. The smallest absolute Gasteiger partial charge is 0.0681 e. The lowest BCUT2D eigenvalue weighted by molar-refractivity contribution is 0.282. The lowest BCUT2D eigenvalue weighted by atomic mass is 10.1. The van der Waals surface area contributed by atoms with E-state index in [-0.39, 0.29) is 6.61 Å². The average molecular weight is 196 g/mol. The molecule has 0 saturated carbocycles. The van der Waals surface area contributed by atoms with E-state index in [1.807, 2.05) is 36.4 Å². The molecule has 0 aliphatic heterocycles. The number of hydrogen-bond donors (Lipinski definition) is 1. The largest absolute Gasteiger partial charge is 0.392 e. The van der Waals surface area contributed by atoms with E-state index in [2.05, 4.69) is 17.9 Å². The van der Waals surface area contributed by atoms with Gasteiger partial charge in [0.2, 0.25) is 0 Å². The van der Waals surface area contributed by atoms with Crippen LogP contribution in [0.4, 0.5) is 0 Å². The molecule has 0 unspecified atom stereocenters. The summed E-state index contributed by atoms with van der Waals surface area (Å²) in [5.74, 6) is 6.22. The van der Waals surface area contributed by atoms with Gasteiger partial charge in [0, 0.05) is 11.1 Å². The third-order valence-corrected chi connectivity index (χ3v) is 2.28. The molecule has 0 atom stereocenters. The molecule has 0 amide bonds. The zero-order valence-corrected chi connectivity index (χ0v) is 8.40. The molecule has 0 spiro atoms. The van der Waals surface area contributed by atoms with E-state index in [9.17, 15) is 0 Å². The SMILES string of the molecule is OCc1ccc(C#CC2=CC=CC2)cc1. The molecule has 74 valence electrons. The Balaban J connectivity index is 2.10. The molecule has 1 aliphatic rings. The topological polar surface area (TPSA) is 20.2 Å². The number of benzene rings is 1. The molecule has 0 saturated heterocycles. The fourth-order valence-electron chi connectivity index (χ4n) is 1.39. The van der Waals surface area contributed by atoms with Gasteiger partial charge in [-0.2, -0.15) is 0 Å². The van der Waals surface area contributed by atoms with Crippen LogP contribution >= 0.6 is 0 Å². The number of rotatable bonds is 1. The molecule has 1 aliphatic carbocycles. The zero-order valence-electron chi connectivity index (χ0n) is 8.40. The fraction of sp³-hybridized carbons (Fsp3) is 0.143. The van der Waals surface area contributed by atoms with Crippen LogP contribution in [0.2, 0.25) is 0 Å². The van der Waals surface area contributed by atoms with Gasteiger partial charge in [-0.1, -0.05) is 42.2 Å². The highest BCUT2D eigenvalue weighted by molar-refractivity contribution is 5.44. The van der Waals surface area contributed by atoms with Crippen LogP contribution in [0.3, 0.4) is 0 Å². The van der Waals surface area contributed by atoms with Gasteiger partial charge in [-0.05, 0) is 24.1 Å². The van der Waals surface area contributed by atoms with Crippen LogP contribution in [0.25, 0.3) is 0 Å². The van der Waals surface area contributed by atoms with Crippen LogP contribution in [0.15, 0.2) is 48.1 Å². The van der Waals surface area contributed by atoms with Crippen LogP contribution in [0.5, 0.6) is 0 Å². The fourth-order valence-corrected chi connectivity index (χ4v) is 1.39. The molecule has 1 N–H and O–H groups in total. The van der Waals surface area contributed by atoms with E-state index >= 15 is 0 Å². The van der Waals surface area contributed by atoms with Gasteiger partial charge in [-0.3, -0.25) is 0 Å². The van der Waals surface area contributed by atoms with E-state index in [4.69, 9.17) is 5.11 Å². The van der Waals surface area contributed by atoms with E-state index in [0.29, 0.717) is 0 Å². The van der Waals surface area contributed by atoms with Crippen LogP contribution in [0, 0.1) is 11.8 Å². The molecule has 1 aromatic carbocycles. The lowest BCUT2D eigenvalue weighted by Gasteiger charge is -1.94. The quantitative estimate of drug-likeness (QED) is 0.684. The summed E-state index contributed by atoms with van der Waals surface area (Å²) in [7, 11) is 0. The van der Waals surface area contributed by atoms with Gasteiger partial charge in [-0.25, -0.2) is 0 Å². The molecule has 0 fully saturated rings. The van der Waals surface area contributed by atoms with E-state index in [1.54, 1.807) is 0 Å². The monoisotopic (exact) mass is 196 g/mol. The Morgan fingerprint density at radius 1 is 1.13 bits per heavy atom. The maximum absolute atomic E-state index is 8.88. The Morgan fingerprint density at radius 2 is 1.93 bits per heavy atom. The molecule has 0 aromatic heterocycles. The van der Waals surface area contributed by atoms with Gasteiger partial charge in [-0.15, -0.1) is 0 Å². The predicted molar refractivity (Wildman–Crippen MR) is 61.1 cm³/mol. The Bertz CT molecular complexity index is 452. The maximum Gasteiger partial charge on any atom is 0.0681 e. The summed E-state index contributed by atoms with van der Waals surface area (Å²) in [5.41, 5.74) is 3.06. The van der Waals surface area contributed by atoms with E-state index in [0.717, 1.165) is 23.1 Å². The summed E-state index contributed by atoms with van der Waals surface area (Å²) in [5, 5.41) is 8.88. The van der Waals surface area contributed by atoms with Crippen LogP contribution in [-0.2, 0) is 6.61 Å². The molecular weight excluding hydrogens is 184 g/mol. The third-order valence-electron chi connectivity index (χ3n) is 2.28. The van der Waals surface area contributed by atoms with Crippen molar-refractivity contribution in [3.05, 3.63) is 59.2 Å². The summed E-state index contributed by atoms with van der Waals surface area (Å²) in [4.78, 5) is 0. The molecule has 0 heterocycles. The number of aliphatic hydroxyl groups is 1. The van der Waals surface area contributed by atoms with Crippen molar-refractivity contribution in [1.82, 2.24) is 0 Å². The van der Waals surface area contributed by atoms with Crippen molar-refractivity contribution < 1.29 is 5.11 Å². The first-order valence-electron chi connectivity index (χ1n) is 4.96. The zero-order chi connectivity index (χ0) is 10.5. The molecule has 2 rings (SSSR count). The molecular formula is C14H12O. The van der Waals surface area contributed by atoms with Gasteiger partial charge < -0.3 is 5.11 Å². The van der Waals surface area contributed by atoms with Crippen molar-refractivity contribution in [2.75, 3.05) is 0 Å². The Labute approximate surface area is 89.8 Å². The summed E-state index contributed by atoms with van der Waals surface area (Å²) in [6, 6.07) is 7.65. The van der Waals surface area contributed by atoms with Gasteiger partial charge in [0.05, 0.1) is 6.61 Å². The summed E-state index contributed by atoms with van der Waals surface area (Å²) in [6.07, 6.45) is 7.11. The van der Waals surface area contributed by atoms with Gasteiger partial charge in [0.15, 0.2) is 0 Å². The first-order valence-corrected chi connectivity index (χ1v) is 4.96. The molecule has 1 heteroatoms. The summed E-state index contributed by atoms with van der Waals surface area (Å²) in [6.45, 7) is 0.0861. The van der Waals surface area contributed by atoms with Gasteiger partial charge in [0.25, 0.3) is 0 Å². The van der Waals surface area contributed by atoms with Crippen molar-refractivity contribution in [3.63, 3.8) is 0 Å². The van der Waals surface area contributed by atoms with Crippen LogP contribution in [-0.4, -0.2) is 5.11 Å². The number of hydrogen-bond acceptors (Lipinski definition) is 1. The highest BCUT2D eigenvalue weighted by Gasteiger charge is 1.93. The maximum atomic E-state index is 8.88. The van der Waals surface area contributed by atoms with Crippen molar-refractivity contribution in [3.8, 4) is 11.8 Å². The molecule has 1 nitrogen and oxygen atoms in total. The van der Waals surface area contributed by atoms with Crippen molar-refractivity contribution >= 4 is 0 Å². The van der Waals surface area contributed by atoms with E-state index < -0.39 is 0 Å². The average Bonchev–Trinajstić information content (AvgIpc) is 2.80. The summed E-state index contributed by atoms with van der Waals surface area (Å²) >= 11 is 0. The van der Waals surface area contributed by atoms with Crippen molar-refractivity contribution in [2.45, 2.75) is 13.0 Å².